The van der Waals surface area contributed by atoms with Crippen LogP contribution in [0.1, 0.15) is 143 Å². The maximum Gasteiger partial charge on any atom is 0.320 e. The van der Waals surface area contributed by atoms with E-state index in [2.05, 4.69) is 49.7 Å². The van der Waals surface area contributed by atoms with Gasteiger partial charge in [-0.2, -0.15) is 0 Å². The Morgan fingerprint density at radius 2 is 1.72 bits per heavy atom. The smallest absolute Gasteiger partial charge is 0.320 e. The molecule has 0 aliphatic heterocycles. The third-order valence-electron chi connectivity index (χ3n) is 11.5. The molecule has 0 amide bonds. The molecule has 4 rings (SSSR count). The minimum atomic E-state index is -0.141. The Morgan fingerprint density at radius 1 is 0.972 bits per heavy atom. The zero-order valence-electron chi connectivity index (χ0n) is 24.0. The van der Waals surface area contributed by atoms with Crippen molar-refractivity contribution in [3.63, 3.8) is 0 Å². The minimum Gasteiger partial charge on any atom is -0.461 e. The molecule has 0 spiro atoms. The van der Waals surface area contributed by atoms with Crippen LogP contribution in [-0.2, 0) is 9.53 Å². The Hall–Kier alpha value is -0.310. The predicted molar refractivity (Wildman–Crippen MR) is 155 cm³/mol. The van der Waals surface area contributed by atoms with Crippen molar-refractivity contribution in [2.75, 3.05) is 0 Å². The number of unbranched alkanes of at least 4 members (excludes halogenated alkanes) is 6. The van der Waals surface area contributed by atoms with E-state index < -0.39 is 0 Å². The molecule has 3 heteroatoms. The molecule has 206 valence electrons. The molecular weight excluding hydrogens is 508 g/mol. The molecule has 0 aromatic heterocycles. The summed E-state index contributed by atoms with van der Waals surface area (Å²) >= 11 is 3.57. The fourth-order valence-electron chi connectivity index (χ4n) is 9.22. The quantitative estimate of drug-likeness (QED) is 0.102. The van der Waals surface area contributed by atoms with Crippen LogP contribution in [0.25, 0.3) is 0 Å². The molecule has 3 fully saturated rings. The van der Waals surface area contributed by atoms with Gasteiger partial charge in [0.15, 0.2) is 0 Å². The van der Waals surface area contributed by atoms with Gasteiger partial charge in [0.2, 0.25) is 0 Å². The summed E-state index contributed by atoms with van der Waals surface area (Å²) in [7, 11) is 0. The van der Waals surface area contributed by atoms with Crippen LogP contribution in [0.2, 0.25) is 0 Å². The summed E-state index contributed by atoms with van der Waals surface area (Å²) in [4.78, 5) is 12.5. The SMILES string of the molecule is CCCCCCCCC1CCC2C3CC=C4C[C@@H](OC(=O)C(Br)CCCC)CC[C@]4(C)C3CC[C@]12C. The van der Waals surface area contributed by atoms with E-state index in [1.54, 1.807) is 5.57 Å². The molecule has 4 aliphatic carbocycles. The molecule has 0 bridgehead atoms. The largest absolute Gasteiger partial charge is 0.461 e. The van der Waals surface area contributed by atoms with Crippen LogP contribution >= 0.6 is 15.9 Å². The summed E-state index contributed by atoms with van der Waals surface area (Å²) in [6.07, 6.45) is 26.1. The van der Waals surface area contributed by atoms with Gasteiger partial charge < -0.3 is 4.74 Å². The number of fused-ring (bicyclic) bond motifs is 5. The maximum atomic E-state index is 12.6. The van der Waals surface area contributed by atoms with E-state index in [9.17, 15) is 4.79 Å². The van der Waals surface area contributed by atoms with Crippen molar-refractivity contribution in [2.45, 2.75) is 154 Å². The van der Waals surface area contributed by atoms with Crippen LogP contribution in [0, 0.1) is 34.5 Å². The molecule has 0 N–H and O–H groups in total. The maximum absolute atomic E-state index is 12.6. The molecular formula is C33H55BrO2. The average molecular weight is 564 g/mol. The number of esters is 1. The first-order valence-electron chi connectivity index (χ1n) is 15.9. The van der Waals surface area contributed by atoms with Gasteiger partial charge in [-0.1, -0.05) is 107 Å². The number of alkyl halides is 1. The highest BCUT2D eigenvalue weighted by molar-refractivity contribution is 9.10. The van der Waals surface area contributed by atoms with Gasteiger partial charge in [0, 0.05) is 6.42 Å². The summed E-state index contributed by atoms with van der Waals surface area (Å²) in [5, 5.41) is 0. The lowest BCUT2D eigenvalue weighted by molar-refractivity contribution is -0.150. The average Bonchev–Trinajstić information content (AvgIpc) is 3.21. The lowest BCUT2D eigenvalue weighted by Gasteiger charge is -2.58. The Morgan fingerprint density at radius 3 is 2.50 bits per heavy atom. The topological polar surface area (TPSA) is 26.3 Å². The lowest BCUT2D eigenvalue weighted by atomic mass is 9.47. The van der Waals surface area contributed by atoms with Crippen molar-refractivity contribution < 1.29 is 9.53 Å². The van der Waals surface area contributed by atoms with Gasteiger partial charge >= 0.3 is 5.97 Å². The fourth-order valence-corrected chi connectivity index (χ4v) is 9.65. The van der Waals surface area contributed by atoms with Crippen LogP contribution in [0.5, 0.6) is 0 Å². The lowest BCUT2D eigenvalue weighted by Crippen LogP contribution is -2.50. The Kier molecular flexibility index (Phi) is 10.1. The van der Waals surface area contributed by atoms with Gasteiger partial charge in [-0.25, -0.2) is 0 Å². The zero-order valence-corrected chi connectivity index (χ0v) is 25.5. The second-order valence-electron chi connectivity index (χ2n) is 13.5. The van der Waals surface area contributed by atoms with Crippen molar-refractivity contribution in [3.8, 4) is 0 Å². The van der Waals surface area contributed by atoms with E-state index in [-0.39, 0.29) is 16.9 Å². The standard InChI is InChI=1S/C33H55BrO2/c1-5-7-9-10-11-12-13-24-16-18-28-27-17-15-25-23-26(36-31(35)30(34)14-8-6-2)19-21-33(25,4)29(27)20-22-32(24,28)3/h15,24,26-30H,5-14,16-23H2,1-4H3/t24?,26-,27?,28?,29?,30?,32+,33-/m0/s1. The van der Waals surface area contributed by atoms with E-state index in [1.807, 2.05) is 0 Å². The monoisotopic (exact) mass is 562 g/mol. The molecule has 8 atom stereocenters. The molecule has 0 saturated heterocycles. The minimum absolute atomic E-state index is 0.0397. The summed E-state index contributed by atoms with van der Waals surface area (Å²) in [5.74, 6) is 3.58. The van der Waals surface area contributed by atoms with Crippen LogP contribution in [0.3, 0.4) is 0 Å². The number of carbonyl (C=O) groups excluding carboxylic acids is 1. The van der Waals surface area contributed by atoms with E-state index in [0.29, 0.717) is 10.8 Å². The molecule has 5 unspecified atom stereocenters. The summed E-state index contributed by atoms with van der Waals surface area (Å²) in [6.45, 7) is 9.75. The van der Waals surface area contributed by atoms with Gasteiger partial charge in [0.1, 0.15) is 10.9 Å². The normalized spacial score (nSPS) is 38.5. The van der Waals surface area contributed by atoms with E-state index in [4.69, 9.17) is 4.74 Å². The number of carbonyl (C=O) groups is 1. The number of ether oxygens (including phenoxy) is 1. The van der Waals surface area contributed by atoms with E-state index in [1.165, 1.54) is 83.5 Å². The van der Waals surface area contributed by atoms with Gasteiger partial charge in [-0.3, -0.25) is 4.79 Å². The van der Waals surface area contributed by atoms with Crippen molar-refractivity contribution in [2.24, 2.45) is 34.5 Å². The molecule has 0 aromatic carbocycles. The fraction of sp³-hybridized carbons (Fsp3) is 0.909. The molecule has 0 radical (unpaired) electrons. The highest BCUT2D eigenvalue weighted by atomic mass is 79.9. The van der Waals surface area contributed by atoms with Crippen molar-refractivity contribution in [3.05, 3.63) is 11.6 Å². The highest BCUT2D eigenvalue weighted by Gasteiger charge is 2.58. The van der Waals surface area contributed by atoms with E-state index >= 15 is 0 Å². The summed E-state index contributed by atoms with van der Waals surface area (Å²) < 4.78 is 6.02. The molecule has 4 aliphatic rings. The first-order valence-corrected chi connectivity index (χ1v) is 16.8. The van der Waals surface area contributed by atoms with E-state index in [0.717, 1.165) is 55.8 Å². The van der Waals surface area contributed by atoms with Crippen molar-refractivity contribution in [1.29, 1.82) is 0 Å². The van der Waals surface area contributed by atoms with Gasteiger partial charge in [-0.05, 0) is 92.3 Å². The van der Waals surface area contributed by atoms with Gasteiger partial charge in [-0.15, -0.1) is 0 Å². The second kappa shape index (κ2) is 12.7. The van der Waals surface area contributed by atoms with Gasteiger partial charge in [0.25, 0.3) is 0 Å². The summed E-state index contributed by atoms with van der Waals surface area (Å²) in [6, 6.07) is 0. The first-order chi connectivity index (χ1) is 17.3. The molecule has 0 heterocycles. The third kappa shape index (κ3) is 5.96. The van der Waals surface area contributed by atoms with Crippen molar-refractivity contribution >= 4 is 21.9 Å². The number of rotatable bonds is 12. The number of hydrogen-bond donors (Lipinski definition) is 0. The summed E-state index contributed by atoms with van der Waals surface area (Å²) in [5.41, 5.74) is 2.54. The molecule has 3 saturated carbocycles. The Bertz CT molecular complexity index is 761. The van der Waals surface area contributed by atoms with Gasteiger partial charge in [0.05, 0.1) is 0 Å². The van der Waals surface area contributed by atoms with Crippen LogP contribution < -0.4 is 0 Å². The Labute approximate surface area is 231 Å². The Balaban J connectivity index is 1.34. The van der Waals surface area contributed by atoms with Crippen LogP contribution in [0.4, 0.5) is 0 Å². The molecule has 2 nitrogen and oxygen atoms in total. The zero-order chi connectivity index (χ0) is 25.8. The highest BCUT2D eigenvalue weighted by Crippen LogP contribution is 2.66. The molecule has 0 aromatic rings. The number of allylic oxidation sites excluding steroid dienone is 1. The number of hydrogen-bond acceptors (Lipinski definition) is 2. The first kappa shape index (κ1) is 28.7. The second-order valence-corrected chi connectivity index (χ2v) is 14.7. The third-order valence-corrected chi connectivity index (χ3v) is 12.3. The number of halogens is 1. The van der Waals surface area contributed by atoms with Crippen LogP contribution in [0.15, 0.2) is 11.6 Å². The predicted octanol–water partition coefficient (Wildman–Crippen LogP) is 10.2. The molecule has 36 heavy (non-hydrogen) atoms. The van der Waals surface area contributed by atoms with Crippen molar-refractivity contribution in [1.82, 2.24) is 0 Å². The van der Waals surface area contributed by atoms with Crippen LogP contribution in [-0.4, -0.2) is 16.9 Å².